The first-order valence-electron chi connectivity index (χ1n) is 10.8. The Labute approximate surface area is 200 Å². The van der Waals surface area contributed by atoms with Gasteiger partial charge in [-0.3, -0.25) is 9.59 Å². The Kier molecular flexibility index (Phi) is 6.47. The molecule has 1 aliphatic rings. The van der Waals surface area contributed by atoms with Crippen molar-refractivity contribution in [1.82, 2.24) is 20.4 Å². The molecule has 1 fully saturated rings. The lowest BCUT2D eigenvalue weighted by Gasteiger charge is -2.34. The summed E-state index contributed by atoms with van der Waals surface area (Å²) in [5.74, 6) is -0.717. The van der Waals surface area contributed by atoms with Gasteiger partial charge in [-0.05, 0) is 52.7 Å². The van der Waals surface area contributed by atoms with Crippen LogP contribution in [0.4, 0.5) is 5.13 Å². The van der Waals surface area contributed by atoms with Crippen LogP contribution in [-0.2, 0) is 9.53 Å². The number of thiazole rings is 1. The highest BCUT2D eigenvalue weighted by molar-refractivity contribution is 7.17. The highest BCUT2D eigenvalue weighted by Gasteiger charge is 2.36. The number of esters is 1. The Hall–Kier alpha value is -3.60. The van der Waals surface area contributed by atoms with Crippen molar-refractivity contribution in [3.63, 3.8) is 0 Å². The van der Waals surface area contributed by atoms with Crippen LogP contribution in [0.2, 0.25) is 0 Å². The quantitative estimate of drug-likeness (QED) is 0.508. The first-order chi connectivity index (χ1) is 16.1. The molecule has 2 heterocycles. The SMILES string of the molecule is Cc1nc(NC(=O)[C@H]2C[C@@H](NC(=O)c3cccc(-c4ncon4)c3)C2)sc1C(=O)OC(C)(C)C. The molecule has 1 aliphatic carbocycles. The number of ether oxygens (including phenoxy) is 1. The standard InChI is InChI=1S/C23H25N5O5S/c1-12-17(21(31)33-23(2,3)4)34-22(25-12)27-20(30)15-9-16(10-15)26-19(29)14-7-5-6-13(8-14)18-24-11-32-28-18/h5-8,11,15-16H,9-10H2,1-4H3,(H,26,29)(H,25,27,30)/t15-,16+. The summed E-state index contributed by atoms with van der Waals surface area (Å²) in [6.45, 7) is 7.08. The fourth-order valence-electron chi connectivity index (χ4n) is 3.49. The van der Waals surface area contributed by atoms with Gasteiger partial charge in [0.15, 0.2) is 5.13 Å². The number of aromatic nitrogens is 3. The molecule has 1 saturated carbocycles. The molecule has 0 unspecified atom stereocenters. The number of rotatable bonds is 6. The minimum Gasteiger partial charge on any atom is -0.456 e. The average Bonchev–Trinajstić information content (AvgIpc) is 3.39. The first kappa shape index (κ1) is 23.6. The van der Waals surface area contributed by atoms with Gasteiger partial charge in [-0.25, -0.2) is 9.78 Å². The number of aryl methyl sites for hydroxylation is 1. The normalized spacial score (nSPS) is 17.5. The fraction of sp³-hybridized carbons (Fsp3) is 0.391. The third kappa shape index (κ3) is 5.48. The van der Waals surface area contributed by atoms with Gasteiger partial charge in [0, 0.05) is 23.1 Å². The molecular weight excluding hydrogens is 458 g/mol. The Morgan fingerprint density at radius 3 is 2.65 bits per heavy atom. The van der Waals surface area contributed by atoms with Crippen molar-refractivity contribution < 1.29 is 23.6 Å². The molecule has 11 heteroatoms. The summed E-state index contributed by atoms with van der Waals surface area (Å²) in [7, 11) is 0. The third-order valence-corrected chi connectivity index (χ3v) is 6.25. The van der Waals surface area contributed by atoms with E-state index in [1.54, 1.807) is 52.0 Å². The summed E-state index contributed by atoms with van der Waals surface area (Å²) in [6, 6.07) is 6.83. The van der Waals surface area contributed by atoms with E-state index in [9.17, 15) is 14.4 Å². The molecule has 2 amide bonds. The van der Waals surface area contributed by atoms with Crippen molar-refractivity contribution in [2.24, 2.45) is 5.92 Å². The van der Waals surface area contributed by atoms with Crippen LogP contribution >= 0.6 is 11.3 Å². The molecule has 0 aliphatic heterocycles. The summed E-state index contributed by atoms with van der Waals surface area (Å²) in [4.78, 5) is 46.2. The topological polar surface area (TPSA) is 136 Å². The number of anilines is 1. The third-order valence-electron chi connectivity index (χ3n) is 5.20. The van der Waals surface area contributed by atoms with Crippen molar-refractivity contribution in [1.29, 1.82) is 0 Å². The molecule has 2 N–H and O–H groups in total. The fourth-order valence-corrected chi connectivity index (χ4v) is 4.33. The van der Waals surface area contributed by atoms with Crippen LogP contribution in [-0.4, -0.2) is 44.6 Å². The van der Waals surface area contributed by atoms with E-state index in [0.717, 1.165) is 11.3 Å². The van der Waals surface area contributed by atoms with Gasteiger partial charge >= 0.3 is 5.97 Å². The number of amides is 2. The van der Waals surface area contributed by atoms with Gasteiger partial charge < -0.3 is 19.9 Å². The minimum absolute atomic E-state index is 0.104. The predicted molar refractivity (Wildman–Crippen MR) is 124 cm³/mol. The number of carbonyl (C=O) groups excluding carboxylic acids is 3. The first-order valence-corrected chi connectivity index (χ1v) is 11.6. The maximum absolute atomic E-state index is 12.6. The van der Waals surface area contributed by atoms with E-state index in [1.165, 1.54) is 6.39 Å². The molecule has 0 radical (unpaired) electrons. The molecule has 10 nitrogen and oxygen atoms in total. The van der Waals surface area contributed by atoms with Gasteiger partial charge in [0.25, 0.3) is 5.91 Å². The Bertz CT molecular complexity index is 1210. The van der Waals surface area contributed by atoms with Crippen LogP contribution in [0.1, 0.15) is 59.3 Å². The van der Waals surface area contributed by atoms with E-state index in [1.807, 2.05) is 0 Å². The lowest BCUT2D eigenvalue weighted by atomic mass is 9.79. The van der Waals surface area contributed by atoms with Crippen LogP contribution in [0.15, 0.2) is 35.2 Å². The van der Waals surface area contributed by atoms with Crippen molar-refractivity contribution in [2.45, 2.75) is 52.2 Å². The number of hydrogen-bond acceptors (Lipinski definition) is 9. The van der Waals surface area contributed by atoms with Crippen LogP contribution in [0.5, 0.6) is 0 Å². The molecule has 178 valence electrons. The largest absolute Gasteiger partial charge is 0.456 e. The van der Waals surface area contributed by atoms with Crippen LogP contribution in [0, 0.1) is 12.8 Å². The Morgan fingerprint density at radius 2 is 1.97 bits per heavy atom. The zero-order valence-electron chi connectivity index (χ0n) is 19.2. The van der Waals surface area contributed by atoms with Gasteiger partial charge in [0.1, 0.15) is 10.5 Å². The van der Waals surface area contributed by atoms with Crippen molar-refractivity contribution in [2.75, 3.05) is 5.32 Å². The minimum atomic E-state index is -0.614. The molecule has 3 aromatic rings. The highest BCUT2D eigenvalue weighted by Crippen LogP contribution is 2.31. The molecule has 0 spiro atoms. The van der Waals surface area contributed by atoms with Crippen LogP contribution in [0.3, 0.4) is 0 Å². The number of hydrogen-bond donors (Lipinski definition) is 2. The van der Waals surface area contributed by atoms with E-state index in [-0.39, 0.29) is 23.8 Å². The lowest BCUT2D eigenvalue weighted by Crippen LogP contribution is -2.48. The van der Waals surface area contributed by atoms with E-state index in [4.69, 9.17) is 9.26 Å². The Balaban J connectivity index is 1.28. The number of nitrogens with one attached hydrogen (secondary N) is 2. The molecule has 0 bridgehead atoms. The number of benzene rings is 1. The summed E-state index contributed by atoms with van der Waals surface area (Å²) >= 11 is 1.09. The molecule has 0 atom stereocenters. The summed E-state index contributed by atoms with van der Waals surface area (Å²) in [5, 5.41) is 9.86. The van der Waals surface area contributed by atoms with Crippen LogP contribution < -0.4 is 10.6 Å². The zero-order valence-corrected chi connectivity index (χ0v) is 20.1. The smallest absolute Gasteiger partial charge is 0.350 e. The molecule has 4 rings (SSSR count). The van der Waals surface area contributed by atoms with E-state index >= 15 is 0 Å². The van der Waals surface area contributed by atoms with Gasteiger partial charge in [-0.1, -0.05) is 28.6 Å². The van der Waals surface area contributed by atoms with Crippen molar-refractivity contribution >= 4 is 34.3 Å². The van der Waals surface area contributed by atoms with Crippen LogP contribution in [0.25, 0.3) is 11.4 Å². The van der Waals surface area contributed by atoms with E-state index in [2.05, 4.69) is 25.8 Å². The second-order valence-corrected chi connectivity index (χ2v) is 10.1. The number of nitrogens with zero attached hydrogens (tertiary/aromatic N) is 3. The molecule has 34 heavy (non-hydrogen) atoms. The summed E-state index contributed by atoms with van der Waals surface area (Å²) in [5.41, 5.74) is 1.05. The molecule has 0 saturated heterocycles. The number of carbonyl (C=O) groups is 3. The van der Waals surface area contributed by atoms with Gasteiger partial charge in [0.05, 0.1) is 5.69 Å². The Morgan fingerprint density at radius 1 is 1.21 bits per heavy atom. The van der Waals surface area contributed by atoms with Gasteiger partial charge in [0.2, 0.25) is 18.1 Å². The molecular formula is C23H25N5O5S. The maximum atomic E-state index is 12.6. The second-order valence-electron chi connectivity index (χ2n) is 9.10. The second kappa shape index (κ2) is 9.34. The average molecular weight is 484 g/mol. The van der Waals surface area contributed by atoms with Gasteiger partial charge in [-0.2, -0.15) is 4.98 Å². The highest BCUT2D eigenvalue weighted by atomic mass is 32.1. The summed E-state index contributed by atoms with van der Waals surface area (Å²) in [6.07, 6.45) is 2.27. The van der Waals surface area contributed by atoms with E-state index in [0.29, 0.717) is 45.5 Å². The zero-order chi connectivity index (χ0) is 24.5. The predicted octanol–water partition coefficient (Wildman–Crippen LogP) is 3.60. The van der Waals surface area contributed by atoms with Gasteiger partial charge in [-0.15, -0.1) is 0 Å². The summed E-state index contributed by atoms with van der Waals surface area (Å²) < 4.78 is 10.1. The monoisotopic (exact) mass is 483 g/mol. The van der Waals surface area contributed by atoms with E-state index < -0.39 is 11.6 Å². The van der Waals surface area contributed by atoms with Crippen molar-refractivity contribution in [3.05, 3.63) is 46.8 Å². The molecule has 2 aromatic heterocycles. The van der Waals surface area contributed by atoms with Crippen molar-refractivity contribution in [3.8, 4) is 11.4 Å². The lowest BCUT2D eigenvalue weighted by molar-refractivity contribution is -0.122. The molecule has 1 aromatic carbocycles. The maximum Gasteiger partial charge on any atom is 0.350 e.